The zero-order chi connectivity index (χ0) is 19.5. The maximum absolute atomic E-state index is 4.51. The fraction of sp³-hybridized carbons (Fsp3) is 0. The molecule has 29 heavy (non-hydrogen) atoms. The van der Waals surface area contributed by atoms with E-state index in [4.69, 9.17) is 0 Å². The van der Waals surface area contributed by atoms with Gasteiger partial charge in [-0.1, -0.05) is 102 Å². The van der Waals surface area contributed by atoms with E-state index in [1.807, 2.05) is 34.8 Å². The zero-order valence-corrected chi connectivity index (χ0v) is 15.8. The quantitative estimate of drug-likeness (QED) is 0.363. The van der Waals surface area contributed by atoms with Crippen molar-refractivity contribution in [2.45, 2.75) is 0 Å². The molecular weight excluding hydrogens is 354 g/mol. The molecule has 2 heterocycles. The third-order valence-electron chi connectivity index (χ3n) is 4.96. The Labute approximate surface area is 169 Å². The van der Waals surface area contributed by atoms with Gasteiger partial charge in [-0.25, -0.2) is 4.52 Å². The lowest BCUT2D eigenvalue weighted by Gasteiger charge is -2.11. The second-order valence-electron chi connectivity index (χ2n) is 6.85. The molecule has 0 aliphatic rings. The summed E-state index contributed by atoms with van der Waals surface area (Å²) in [6.45, 7) is 0. The van der Waals surface area contributed by atoms with Crippen LogP contribution in [0.15, 0.2) is 109 Å². The van der Waals surface area contributed by atoms with E-state index in [1.165, 1.54) is 0 Å². The Morgan fingerprint density at radius 2 is 1.31 bits per heavy atom. The van der Waals surface area contributed by atoms with Crippen molar-refractivity contribution >= 4 is 17.2 Å². The van der Waals surface area contributed by atoms with E-state index < -0.39 is 0 Å². The van der Waals surface area contributed by atoms with Crippen molar-refractivity contribution in [2.75, 3.05) is 0 Å². The summed E-state index contributed by atoms with van der Waals surface area (Å²) in [6, 6.07) is 37.2. The summed E-state index contributed by atoms with van der Waals surface area (Å²) in [4.78, 5) is 0. The molecule has 0 aliphatic heterocycles. The molecule has 3 heteroatoms. The lowest BCUT2D eigenvalue weighted by atomic mass is 9.99. The first-order valence-electron chi connectivity index (χ1n) is 9.62. The molecule has 0 saturated carbocycles. The SMILES string of the molecule is C(=C(/c1ccccc1)c1cccc2c(-c3ccccc3)nnn12)/c1ccccc1. The Hall–Kier alpha value is -3.98. The maximum atomic E-state index is 4.51. The molecule has 0 atom stereocenters. The predicted molar refractivity (Wildman–Crippen MR) is 118 cm³/mol. The number of benzene rings is 3. The second kappa shape index (κ2) is 7.56. The smallest absolute Gasteiger partial charge is 0.120 e. The van der Waals surface area contributed by atoms with Crippen LogP contribution in [0, 0.1) is 0 Å². The largest absolute Gasteiger partial charge is 0.212 e. The Bertz CT molecular complexity index is 1270. The highest BCUT2D eigenvalue weighted by atomic mass is 15.4. The van der Waals surface area contributed by atoms with Gasteiger partial charge in [-0.3, -0.25) is 0 Å². The van der Waals surface area contributed by atoms with Gasteiger partial charge in [-0.15, -0.1) is 5.10 Å². The Balaban J connectivity index is 1.73. The number of rotatable bonds is 4. The second-order valence-corrected chi connectivity index (χ2v) is 6.85. The van der Waals surface area contributed by atoms with Gasteiger partial charge in [-0.2, -0.15) is 0 Å². The lowest BCUT2D eigenvalue weighted by molar-refractivity contribution is 0.846. The average Bonchev–Trinajstić information content (AvgIpc) is 3.24. The number of fused-ring (bicyclic) bond motifs is 1. The molecule has 138 valence electrons. The van der Waals surface area contributed by atoms with Crippen LogP contribution < -0.4 is 0 Å². The minimum Gasteiger partial charge on any atom is -0.212 e. The molecule has 2 aromatic heterocycles. The van der Waals surface area contributed by atoms with Crippen molar-refractivity contribution in [1.29, 1.82) is 0 Å². The van der Waals surface area contributed by atoms with Crippen molar-refractivity contribution in [3.63, 3.8) is 0 Å². The number of aromatic nitrogens is 3. The van der Waals surface area contributed by atoms with E-state index in [1.54, 1.807) is 0 Å². The van der Waals surface area contributed by atoms with Crippen molar-refractivity contribution < 1.29 is 0 Å². The first kappa shape index (κ1) is 17.1. The van der Waals surface area contributed by atoms with Gasteiger partial charge in [0.25, 0.3) is 0 Å². The van der Waals surface area contributed by atoms with Crippen LogP contribution in [0.2, 0.25) is 0 Å². The molecule has 5 rings (SSSR count). The van der Waals surface area contributed by atoms with Crippen molar-refractivity contribution in [2.24, 2.45) is 0 Å². The van der Waals surface area contributed by atoms with E-state index in [9.17, 15) is 0 Å². The van der Waals surface area contributed by atoms with Crippen LogP contribution in [0.25, 0.3) is 28.4 Å². The van der Waals surface area contributed by atoms with Gasteiger partial charge in [0.1, 0.15) is 5.69 Å². The monoisotopic (exact) mass is 373 g/mol. The van der Waals surface area contributed by atoms with Gasteiger partial charge >= 0.3 is 0 Å². The standard InChI is InChI=1S/C26H19N3/c1-4-11-20(12-5-1)19-23(21-13-6-2-7-14-21)24-17-10-18-25-26(27-28-29(24)25)22-15-8-3-9-16-22/h1-19H/b23-19+. The highest BCUT2D eigenvalue weighted by Gasteiger charge is 2.14. The Morgan fingerprint density at radius 3 is 2.03 bits per heavy atom. The third-order valence-corrected chi connectivity index (χ3v) is 4.96. The summed E-state index contributed by atoms with van der Waals surface area (Å²) in [7, 11) is 0. The number of pyridine rings is 1. The fourth-order valence-corrected chi connectivity index (χ4v) is 3.56. The first-order valence-corrected chi connectivity index (χ1v) is 9.62. The van der Waals surface area contributed by atoms with Gasteiger partial charge in [0.2, 0.25) is 0 Å². The third kappa shape index (κ3) is 3.34. The lowest BCUT2D eigenvalue weighted by Crippen LogP contribution is -1.99. The maximum Gasteiger partial charge on any atom is 0.120 e. The summed E-state index contributed by atoms with van der Waals surface area (Å²) in [5, 5.41) is 9.00. The number of hydrogen-bond acceptors (Lipinski definition) is 2. The Kier molecular flexibility index (Phi) is 4.47. The van der Waals surface area contributed by atoms with Crippen LogP contribution in [-0.4, -0.2) is 14.8 Å². The van der Waals surface area contributed by atoms with Crippen LogP contribution in [0.4, 0.5) is 0 Å². The van der Waals surface area contributed by atoms with Gasteiger partial charge in [0, 0.05) is 11.1 Å². The molecule has 0 unspecified atom stereocenters. The molecular formula is C26H19N3. The Morgan fingerprint density at radius 1 is 0.655 bits per heavy atom. The fourth-order valence-electron chi connectivity index (χ4n) is 3.56. The topological polar surface area (TPSA) is 30.2 Å². The summed E-state index contributed by atoms with van der Waals surface area (Å²) >= 11 is 0. The molecule has 0 N–H and O–H groups in total. The summed E-state index contributed by atoms with van der Waals surface area (Å²) in [5.74, 6) is 0. The van der Waals surface area contributed by atoms with Crippen LogP contribution in [0.5, 0.6) is 0 Å². The molecule has 0 radical (unpaired) electrons. The van der Waals surface area contributed by atoms with E-state index in [2.05, 4.69) is 95.3 Å². The molecule has 0 aliphatic carbocycles. The van der Waals surface area contributed by atoms with Crippen molar-refractivity contribution in [3.05, 3.63) is 126 Å². The van der Waals surface area contributed by atoms with Gasteiger partial charge < -0.3 is 0 Å². The number of hydrogen-bond donors (Lipinski definition) is 0. The number of nitrogens with zero attached hydrogens (tertiary/aromatic N) is 3. The van der Waals surface area contributed by atoms with E-state index >= 15 is 0 Å². The zero-order valence-electron chi connectivity index (χ0n) is 15.8. The first-order chi connectivity index (χ1) is 14.4. The average molecular weight is 373 g/mol. The van der Waals surface area contributed by atoms with Crippen LogP contribution in [-0.2, 0) is 0 Å². The molecule has 5 aromatic rings. The molecule has 3 nitrogen and oxygen atoms in total. The molecule has 0 saturated heterocycles. The summed E-state index contributed by atoms with van der Waals surface area (Å²) in [6.07, 6.45) is 2.20. The van der Waals surface area contributed by atoms with Crippen molar-refractivity contribution in [1.82, 2.24) is 14.8 Å². The van der Waals surface area contributed by atoms with Crippen LogP contribution in [0.1, 0.15) is 16.8 Å². The molecule has 0 fully saturated rings. The highest BCUT2D eigenvalue weighted by molar-refractivity contribution is 5.91. The minimum atomic E-state index is 0.888. The van der Waals surface area contributed by atoms with Gasteiger partial charge in [-0.05, 0) is 29.3 Å². The summed E-state index contributed by atoms with van der Waals surface area (Å²) < 4.78 is 1.93. The van der Waals surface area contributed by atoms with Gasteiger partial charge in [0.05, 0.1) is 11.2 Å². The van der Waals surface area contributed by atoms with Crippen LogP contribution in [0.3, 0.4) is 0 Å². The van der Waals surface area contributed by atoms with Gasteiger partial charge in [0.15, 0.2) is 0 Å². The van der Waals surface area contributed by atoms with E-state index in [-0.39, 0.29) is 0 Å². The normalized spacial score (nSPS) is 11.7. The molecule has 0 amide bonds. The summed E-state index contributed by atoms with van der Waals surface area (Å²) in [5.41, 5.74) is 7.34. The highest BCUT2D eigenvalue weighted by Crippen LogP contribution is 2.29. The van der Waals surface area contributed by atoms with E-state index in [0.29, 0.717) is 0 Å². The minimum absolute atomic E-state index is 0.888. The van der Waals surface area contributed by atoms with Crippen molar-refractivity contribution in [3.8, 4) is 11.3 Å². The molecule has 0 spiro atoms. The van der Waals surface area contributed by atoms with Crippen LogP contribution >= 0.6 is 0 Å². The molecule has 0 bridgehead atoms. The van der Waals surface area contributed by atoms with E-state index in [0.717, 1.165) is 39.2 Å². The molecule has 3 aromatic carbocycles. The predicted octanol–water partition coefficient (Wildman–Crippen LogP) is 5.99.